The van der Waals surface area contributed by atoms with Crippen molar-refractivity contribution in [1.29, 1.82) is 0 Å². The molecule has 27 heavy (non-hydrogen) atoms. The van der Waals surface area contributed by atoms with Crippen LogP contribution in [0.5, 0.6) is 0 Å². The van der Waals surface area contributed by atoms with E-state index < -0.39 is 6.04 Å². The molecular weight excluding hydrogens is 424 g/mol. The number of hydrogen-bond acceptors (Lipinski definition) is 3. The number of carbonyl (C=O) groups excluding carboxylic acids is 2. The highest BCUT2D eigenvalue weighted by Gasteiger charge is 2.25. The fraction of sp³-hybridized carbons (Fsp3) is 0.333. The van der Waals surface area contributed by atoms with Crippen molar-refractivity contribution in [3.05, 3.63) is 69.7 Å². The summed E-state index contributed by atoms with van der Waals surface area (Å²) in [7, 11) is 1.59. The van der Waals surface area contributed by atoms with Gasteiger partial charge in [0.25, 0.3) is 0 Å². The van der Waals surface area contributed by atoms with Crippen LogP contribution in [0, 0.1) is 6.92 Å². The average molecular weight is 449 g/mol. The first-order valence-electron chi connectivity index (χ1n) is 8.80. The molecule has 2 amide bonds. The van der Waals surface area contributed by atoms with Gasteiger partial charge in [-0.2, -0.15) is 0 Å². The van der Waals surface area contributed by atoms with Gasteiger partial charge in [0, 0.05) is 23.8 Å². The molecule has 1 atom stereocenters. The maximum Gasteiger partial charge on any atom is 0.242 e. The van der Waals surface area contributed by atoms with Gasteiger partial charge >= 0.3 is 0 Å². The first kappa shape index (κ1) is 21.5. The van der Waals surface area contributed by atoms with Crippen molar-refractivity contribution in [2.45, 2.75) is 32.2 Å². The number of amides is 2. The van der Waals surface area contributed by atoms with Crippen LogP contribution in [-0.2, 0) is 21.9 Å². The van der Waals surface area contributed by atoms with E-state index in [1.807, 2.05) is 55.5 Å². The number of nitrogens with zero attached hydrogens (tertiary/aromatic N) is 1. The Morgan fingerprint density at radius 2 is 1.81 bits per heavy atom. The van der Waals surface area contributed by atoms with E-state index in [0.717, 1.165) is 21.4 Å². The van der Waals surface area contributed by atoms with Crippen LogP contribution < -0.4 is 5.32 Å². The standard InChI is InChI=1S/C21H25BrN2O2S/c1-15-6-4-5-7-18(15)12-24(16(2)21(26)23-3)20(25)14-27-13-17-8-10-19(22)11-9-17/h4-11,16H,12-14H2,1-3H3,(H,23,26)/t16-/m0/s1. The Hall–Kier alpha value is -1.79. The van der Waals surface area contributed by atoms with E-state index in [4.69, 9.17) is 0 Å². The highest BCUT2D eigenvalue weighted by atomic mass is 79.9. The Kier molecular flexibility index (Phi) is 8.38. The van der Waals surface area contributed by atoms with Crippen LogP contribution >= 0.6 is 27.7 Å². The summed E-state index contributed by atoms with van der Waals surface area (Å²) in [5.41, 5.74) is 3.34. The molecular formula is C21H25BrN2O2S. The van der Waals surface area contributed by atoms with Crippen LogP contribution in [0.3, 0.4) is 0 Å². The predicted molar refractivity (Wildman–Crippen MR) is 116 cm³/mol. The van der Waals surface area contributed by atoms with Gasteiger partial charge < -0.3 is 10.2 Å². The second-order valence-corrected chi connectivity index (χ2v) is 8.26. The van der Waals surface area contributed by atoms with Crippen molar-refractivity contribution >= 4 is 39.5 Å². The molecule has 0 aromatic heterocycles. The van der Waals surface area contributed by atoms with Crippen molar-refractivity contribution in [2.24, 2.45) is 0 Å². The number of likely N-dealkylation sites (N-methyl/N-ethyl adjacent to an activating group) is 1. The summed E-state index contributed by atoms with van der Waals surface area (Å²) in [5, 5.41) is 2.64. The third kappa shape index (κ3) is 6.40. The smallest absolute Gasteiger partial charge is 0.242 e. The van der Waals surface area contributed by atoms with Crippen LogP contribution in [0.2, 0.25) is 0 Å². The summed E-state index contributed by atoms with van der Waals surface area (Å²) in [5.74, 6) is 0.904. The molecule has 0 saturated carbocycles. The Labute approximate surface area is 173 Å². The third-order valence-electron chi connectivity index (χ3n) is 4.42. The molecule has 0 aliphatic carbocycles. The van der Waals surface area contributed by atoms with E-state index in [9.17, 15) is 9.59 Å². The minimum absolute atomic E-state index is 0.0311. The maximum absolute atomic E-state index is 12.9. The van der Waals surface area contributed by atoms with Crippen molar-refractivity contribution in [3.63, 3.8) is 0 Å². The van der Waals surface area contributed by atoms with E-state index >= 15 is 0 Å². The number of benzene rings is 2. The van der Waals surface area contributed by atoms with E-state index in [-0.39, 0.29) is 11.8 Å². The molecule has 4 nitrogen and oxygen atoms in total. The van der Waals surface area contributed by atoms with Gasteiger partial charge in [0.1, 0.15) is 6.04 Å². The Balaban J connectivity index is 2.04. The van der Waals surface area contributed by atoms with E-state index in [1.54, 1.807) is 30.6 Å². The second-order valence-electron chi connectivity index (χ2n) is 6.36. The largest absolute Gasteiger partial charge is 0.357 e. The molecule has 0 radical (unpaired) electrons. The first-order chi connectivity index (χ1) is 12.9. The highest BCUT2D eigenvalue weighted by Crippen LogP contribution is 2.18. The fourth-order valence-corrected chi connectivity index (χ4v) is 3.82. The number of nitrogens with one attached hydrogen (secondary N) is 1. The lowest BCUT2D eigenvalue weighted by Gasteiger charge is -2.29. The van der Waals surface area contributed by atoms with Gasteiger partial charge in [-0.25, -0.2) is 0 Å². The number of rotatable bonds is 8. The number of aryl methyl sites for hydroxylation is 1. The Morgan fingerprint density at radius 3 is 2.44 bits per heavy atom. The zero-order valence-corrected chi connectivity index (χ0v) is 18.3. The molecule has 0 fully saturated rings. The molecule has 0 unspecified atom stereocenters. The van der Waals surface area contributed by atoms with Crippen LogP contribution in [0.4, 0.5) is 0 Å². The SMILES string of the molecule is CNC(=O)[C@H](C)N(Cc1ccccc1C)C(=O)CSCc1ccc(Br)cc1. The molecule has 2 aromatic carbocycles. The average Bonchev–Trinajstić information content (AvgIpc) is 2.67. The second kappa shape index (κ2) is 10.5. The molecule has 0 aliphatic heterocycles. The van der Waals surface area contributed by atoms with Crippen LogP contribution in [-0.4, -0.2) is 35.6 Å². The highest BCUT2D eigenvalue weighted by molar-refractivity contribution is 9.10. The molecule has 1 N–H and O–H groups in total. The summed E-state index contributed by atoms with van der Waals surface area (Å²) in [4.78, 5) is 26.7. The third-order valence-corrected chi connectivity index (χ3v) is 5.94. The van der Waals surface area contributed by atoms with Crippen molar-refractivity contribution in [2.75, 3.05) is 12.8 Å². The summed E-state index contributed by atoms with van der Waals surface area (Å²) < 4.78 is 1.04. The molecule has 2 rings (SSSR count). The molecule has 2 aromatic rings. The van der Waals surface area contributed by atoms with Crippen molar-refractivity contribution < 1.29 is 9.59 Å². The Bertz CT molecular complexity index is 780. The van der Waals surface area contributed by atoms with Gasteiger partial charge in [0.15, 0.2) is 0 Å². The number of carbonyl (C=O) groups is 2. The maximum atomic E-state index is 12.9. The normalized spacial score (nSPS) is 11.7. The van der Waals surface area contributed by atoms with Crippen LogP contribution in [0.1, 0.15) is 23.6 Å². The summed E-state index contributed by atoms with van der Waals surface area (Å²) >= 11 is 4.99. The topological polar surface area (TPSA) is 49.4 Å². The van der Waals surface area contributed by atoms with Gasteiger partial charge in [-0.15, -0.1) is 11.8 Å². The van der Waals surface area contributed by atoms with Gasteiger partial charge in [-0.05, 0) is 42.7 Å². The van der Waals surface area contributed by atoms with E-state index in [0.29, 0.717) is 12.3 Å². The number of halogens is 1. The monoisotopic (exact) mass is 448 g/mol. The first-order valence-corrected chi connectivity index (χ1v) is 10.7. The van der Waals surface area contributed by atoms with Gasteiger partial charge in [0.2, 0.25) is 11.8 Å². The molecule has 144 valence electrons. The molecule has 0 saturated heterocycles. The predicted octanol–water partition coefficient (Wildman–Crippen LogP) is 4.15. The Morgan fingerprint density at radius 1 is 1.15 bits per heavy atom. The van der Waals surface area contributed by atoms with Crippen LogP contribution in [0.25, 0.3) is 0 Å². The lowest BCUT2D eigenvalue weighted by atomic mass is 10.1. The van der Waals surface area contributed by atoms with Crippen molar-refractivity contribution in [1.82, 2.24) is 10.2 Å². The zero-order valence-electron chi connectivity index (χ0n) is 15.9. The zero-order chi connectivity index (χ0) is 19.8. The minimum atomic E-state index is -0.518. The van der Waals surface area contributed by atoms with Gasteiger partial charge in [-0.1, -0.05) is 52.3 Å². The molecule has 0 aliphatic rings. The molecule has 6 heteroatoms. The van der Waals surface area contributed by atoms with Crippen LogP contribution in [0.15, 0.2) is 53.0 Å². The summed E-state index contributed by atoms with van der Waals surface area (Å²) in [6.07, 6.45) is 0. The van der Waals surface area contributed by atoms with Gasteiger partial charge in [-0.3, -0.25) is 9.59 Å². The number of thioether (sulfide) groups is 1. The van der Waals surface area contributed by atoms with E-state index in [1.165, 1.54) is 5.56 Å². The molecule has 0 spiro atoms. The van der Waals surface area contributed by atoms with E-state index in [2.05, 4.69) is 21.2 Å². The molecule has 0 heterocycles. The van der Waals surface area contributed by atoms with Gasteiger partial charge in [0.05, 0.1) is 5.75 Å². The van der Waals surface area contributed by atoms with Crippen molar-refractivity contribution in [3.8, 4) is 0 Å². The lowest BCUT2D eigenvalue weighted by molar-refractivity contribution is -0.138. The number of hydrogen-bond donors (Lipinski definition) is 1. The fourth-order valence-electron chi connectivity index (χ4n) is 2.68. The summed E-state index contributed by atoms with van der Waals surface area (Å²) in [6.45, 7) is 4.22. The quantitative estimate of drug-likeness (QED) is 0.659. The molecule has 0 bridgehead atoms. The minimum Gasteiger partial charge on any atom is -0.357 e. The summed E-state index contributed by atoms with van der Waals surface area (Å²) in [6, 6.07) is 15.5. The lowest BCUT2D eigenvalue weighted by Crippen LogP contribution is -2.47.